The first kappa shape index (κ1) is 11.6. The van der Waals surface area contributed by atoms with E-state index in [9.17, 15) is 22.0 Å². The molecular formula is C10H5F5N2. The van der Waals surface area contributed by atoms with E-state index < -0.39 is 23.6 Å². The van der Waals surface area contributed by atoms with Gasteiger partial charge >= 0.3 is 6.18 Å². The Kier molecular flexibility index (Phi) is 2.60. The molecule has 1 aromatic heterocycles. The maximum atomic E-state index is 12.9. The van der Waals surface area contributed by atoms with Gasteiger partial charge < -0.3 is 4.98 Å². The second-order valence-corrected chi connectivity index (χ2v) is 3.27. The third kappa shape index (κ3) is 2.27. The van der Waals surface area contributed by atoms with Gasteiger partial charge in [0.15, 0.2) is 11.6 Å². The Morgan fingerprint density at radius 3 is 2.29 bits per heavy atom. The Morgan fingerprint density at radius 1 is 1.06 bits per heavy atom. The lowest BCUT2D eigenvalue weighted by Gasteiger charge is -2.01. The Bertz CT molecular complexity index is 544. The Balaban J connectivity index is 2.40. The largest absolute Gasteiger partial charge is 0.449 e. The van der Waals surface area contributed by atoms with Crippen LogP contribution in [-0.2, 0) is 6.18 Å². The average molecular weight is 248 g/mol. The minimum absolute atomic E-state index is 0.0313. The highest BCUT2D eigenvalue weighted by molar-refractivity contribution is 5.58. The molecule has 1 aromatic carbocycles. The van der Waals surface area contributed by atoms with Crippen LogP contribution in [0.4, 0.5) is 22.0 Å². The summed E-state index contributed by atoms with van der Waals surface area (Å²) < 4.78 is 62.2. The van der Waals surface area contributed by atoms with E-state index in [0.29, 0.717) is 0 Å². The molecule has 2 nitrogen and oxygen atoms in total. The van der Waals surface area contributed by atoms with Gasteiger partial charge in [-0.25, -0.2) is 13.8 Å². The number of halogens is 5. The van der Waals surface area contributed by atoms with Gasteiger partial charge in [-0.05, 0) is 18.2 Å². The summed E-state index contributed by atoms with van der Waals surface area (Å²) in [5.74, 6) is -3.38. The quantitative estimate of drug-likeness (QED) is 0.770. The summed E-state index contributed by atoms with van der Waals surface area (Å²) in [5, 5.41) is 0. The molecule has 0 bridgehead atoms. The van der Waals surface area contributed by atoms with Crippen molar-refractivity contribution in [3.63, 3.8) is 0 Å². The van der Waals surface area contributed by atoms with Gasteiger partial charge in [-0.1, -0.05) is 0 Å². The molecule has 0 radical (unpaired) electrons. The maximum absolute atomic E-state index is 12.9. The molecule has 0 aliphatic heterocycles. The van der Waals surface area contributed by atoms with Crippen molar-refractivity contribution in [2.45, 2.75) is 6.18 Å². The number of nitrogens with zero attached hydrogens (tertiary/aromatic N) is 1. The molecule has 17 heavy (non-hydrogen) atoms. The van der Waals surface area contributed by atoms with Gasteiger partial charge in [0.25, 0.3) is 0 Å². The number of H-pyrrole nitrogens is 1. The third-order valence-corrected chi connectivity index (χ3v) is 2.07. The molecule has 2 rings (SSSR count). The number of aromatic nitrogens is 2. The SMILES string of the molecule is Fc1ccc(-c2cnc(C(F)(F)F)[nH]2)cc1F. The lowest BCUT2D eigenvalue weighted by molar-refractivity contribution is -0.144. The van der Waals surface area contributed by atoms with E-state index in [1.807, 2.05) is 4.98 Å². The summed E-state index contributed by atoms with van der Waals surface area (Å²) in [6, 6.07) is 2.79. The number of hydrogen-bond donors (Lipinski definition) is 1. The molecule has 1 N–H and O–H groups in total. The van der Waals surface area contributed by atoms with Crippen LogP contribution in [0.15, 0.2) is 24.4 Å². The Hall–Kier alpha value is -1.92. The van der Waals surface area contributed by atoms with Gasteiger partial charge in [0.2, 0.25) is 5.82 Å². The molecule has 0 unspecified atom stereocenters. The van der Waals surface area contributed by atoms with E-state index in [2.05, 4.69) is 4.98 Å². The molecule has 7 heteroatoms. The molecule has 90 valence electrons. The minimum Gasteiger partial charge on any atom is -0.334 e. The van der Waals surface area contributed by atoms with Crippen molar-refractivity contribution in [1.29, 1.82) is 0 Å². The van der Waals surface area contributed by atoms with Crippen molar-refractivity contribution >= 4 is 0 Å². The van der Waals surface area contributed by atoms with Crippen LogP contribution in [0, 0.1) is 11.6 Å². The second-order valence-electron chi connectivity index (χ2n) is 3.27. The maximum Gasteiger partial charge on any atom is 0.449 e. The third-order valence-electron chi connectivity index (χ3n) is 2.07. The fraction of sp³-hybridized carbons (Fsp3) is 0.100. The van der Waals surface area contributed by atoms with Gasteiger partial charge in [0.05, 0.1) is 11.9 Å². The Morgan fingerprint density at radius 2 is 1.76 bits per heavy atom. The predicted octanol–water partition coefficient (Wildman–Crippen LogP) is 3.37. The first-order chi connectivity index (χ1) is 7.88. The van der Waals surface area contributed by atoms with Crippen LogP contribution in [0.2, 0.25) is 0 Å². The van der Waals surface area contributed by atoms with E-state index in [0.717, 1.165) is 24.4 Å². The molecule has 0 saturated heterocycles. The molecule has 0 saturated carbocycles. The van der Waals surface area contributed by atoms with Crippen molar-refractivity contribution in [3.05, 3.63) is 41.9 Å². The van der Waals surface area contributed by atoms with E-state index in [1.165, 1.54) is 0 Å². The van der Waals surface area contributed by atoms with E-state index in [4.69, 9.17) is 0 Å². The van der Waals surface area contributed by atoms with Gasteiger partial charge in [0, 0.05) is 5.56 Å². The monoisotopic (exact) mass is 248 g/mol. The molecule has 2 aromatic rings. The highest BCUT2D eigenvalue weighted by atomic mass is 19.4. The van der Waals surface area contributed by atoms with Gasteiger partial charge in [-0.3, -0.25) is 0 Å². The van der Waals surface area contributed by atoms with Crippen molar-refractivity contribution in [2.24, 2.45) is 0 Å². The fourth-order valence-electron chi connectivity index (χ4n) is 1.28. The van der Waals surface area contributed by atoms with Crippen LogP contribution in [0.1, 0.15) is 5.82 Å². The number of alkyl halides is 3. The molecule has 0 fully saturated rings. The molecule has 1 heterocycles. The molecule has 0 aliphatic rings. The van der Waals surface area contributed by atoms with E-state index in [-0.39, 0.29) is 11.3 Å². The zero-order chi connectivity index (χ0) is 12.6. The van der Waals surface area contributed by atoms with Gasteiger partial charge in [-0.15, -0.1) is 0 Å². The lowest BCUT2D eigenvalue weighted by Crippen LogP contribution is -2.07. The van der Waals surface area contributed by atoms with E-state index in [1.54, 1.807) is 0 Å². The average Bonchev–Trinajstić information content (AvgIpc) is 2.70. The molecule has 0 aliphatic carbocycles. The highest BCUT2D eigenvalue weighted by Crippen LogP contribution is 2.29. The van der Waals surface area contributed by atoms with Crippen molar-refractivity contribution in [1.82, 2.24) is 9.97 Å². The topological polar surface area (TPSA) is 28.7 Å². The summed E-state index contributed by atoms with van der Waals surface area (Å²) in [6.07, 6.45) is -3.69. The first-order valence-corrected chi connectivity index (χ1v) is 4.45. The standard InChI is InChI=1S/C10H5F5N2/c11-6-2-1-5(3-7(6)12)8-4-16-9(17-8)10(13,14)15/h1-4H,(H,16,17). The highest BCUT2D eigenvalue weighted by Gasteiger charge is 2.34. The number of nitrogens with one attached hydrogen (secondary N) is 1. The first-order valence-electron chi connectivity index (χ1n) is 4.45. The smallest absolute Gasteiger partial charge is 0.334 e. The normalized spacial score (nSPS) is 11.8. The van der Waals surface area contributed by atoms with Crippen LogP contribution in [0.25, 0.3) is 11.3 Å². The van der Waals surface area contributed by atoms with Crippen molar-refractivity contribution in [2.75, 3.05) is 0 Å². The molecule has 0 spiro atoms. The molecular weight excluding hydrogens is 243 g/mol. The number of aromatic amines is 1. The zero-order valence-corrected chi connectivity index (χ0v) is 8.15. The number of hydrogen-bond acceptors (Lipinski definition) is 1. The fourth-order valence-corrected chi connectivity index (χ4v) is 1.28. The van der Waals surface area contributed by atoms with Crippen LogP contribution in [0.3, 0.4) is 0 Å². The van der Waals surface area contributed by atoms with E-state index >= 15 is 0 Å². The number of rotatable bonds is 1. The summed E-state index contributed by atoms with van der Waals surface area (Å²) in [4.78, 5) is 5.11. The molecule has 0 atom stereocenters. The predicted molar refractivity (Wildman–Crippen MR) is 48.9 cm³/mol. The van der Waals surface area contributed by atoms with Crippen LogP contribution >= 0.6 is 0 Å². The van der Waals surface area contributed by atoms with Crippen molar-refractivity contribution < 1.29 is 22.0 Å². The van der Waals surface area contributed by atoms with Crippen LogP contribution in [-0.4, -0.2) is 9.97 Å². The number of benzene rings is 1. The summed E-state index contributed by atoms with van der Waals surface area (Å²) in [7, 11) is 0. The molecule has 0 amide bonds. The van der Waals surface area contributed by atoms with Crippen LogP contribution in [0.5, 0.6) is 0 Å². The van der Waals surface area contributed by atoms with Crippen molar-refractivity contribution in [3.8, 4) is 11.3 Å². The lowest BCUT2D eigenvalue weighted by atomic mass is 10.1. The summed E-state index contributed by atoms with van der Waals surface area (Å²) >= 11 is 0. The minimum atomic E-state index is -4.60. The number of imidazole rings is 1. The van der Waals surface area contributed by atoms with Gasteiger partial charge in [0.1, 0.15) is 0 Å². The Labute approximate surface area is 92.1 Å². The van der Waals surface area contributed by atoms with Crippen LogP contribution < -0.4 is 0 Å². The summed E-state index contributed by atoms with van der Waals surface area (Å²) in [6.45, 7) is 0. The summed E-state index contributed by atoms with van der Waals surface area (Å²) in [5.41, 5.74) is 0.0584. The zero-order valence-electron chi connectivity index (χ0n) is 8.15. The van der Waals surface area contributed by atoms with Gasteiger partial charge in [-0.2, -0.15) is 13.2 Å². The second kappa shape index (κ2) is 3.83.